The number of ether oxygens (including phenoxy) is 1. The van der Waals surface area contributed by atoms with Crippen LogP contribution in [-0.4, -0.2) is 12.1 Å². The van der Waals surface area contributed by atoms with Crippen molar-refractivity contribution in [2.45, 2.75) is 13.8 Å². The molecule has 15 heavy (non-hydrogen) atoms. The third-order valence-electron chi connectivity index (χ3n) is 2.64. The Kier molecular flexibility index (Phi) is 2.65. The fourth-order valence-electron chi connectivity index (χ4n) is 1.85. The Hall–Kier alpha value is -1.09. The molecule has 0 aliphatic heterocycles. The SMILES string of the molecule is COc1cc(C)c2c(Br)nccc2c1C. The highest BCUT2D eigenvalue weighted by atomic mass is 79.9. The Morgan fingerprint density at radius 2 is 2.07 bits per heavy atom. The molecule has 1 aromatic heterocycles. The highest BCUT2D eigenvalue weighted by molar-refractivity contribution is 9.10. The molecular weight excluding hydrogens is 254 g/mol. The van der Waals surface area contributed by atoms with Crippen LogP contribution in [0.25, 0.3) is 10.8 Å². The summed E-state index contributed by atoms with van der Waals surface area (Å²) in [5, 5.41) is 2.35. The van der Waals surface area contributed by atoms with Crippen LogP contribution in [0.2, 0.25) is 0 Å². The first-order chi connectivity index (χ1) is 7.15. The minimum absolute atomic E-state index is 0.892. The molecule has 0 amide bonds. The zero-order chi connectivity index (χ0) is 11.0. The number of hydrogen-bond donors (Lipinski definition) is 0. The van der Waals surface area contributed by atoms with Crippen molar-refractivity contribution in [2.75, 3.05) is 7.11 Å². The van der Waals surface area contributed by atoms with Gasteiger partial charge in [-0.1, -0.05) is 0 Å². The first-order valence-electron chi connectivity index (χ1n) is 4.73. The fourth-order valence-corrected chi connectivity index (χ4v) is 2.49. The minimum Gasteiger partial charge on any atom is -0.496 e. The lowest BCUT2D eigenvalue weighted by molar-refractivity contribution is 0.412. The van der Waals surface area contributed by atoms with E-state index in [-0.39, 0.29) is 0 Å². The molecule has 0 spiro atoms. The van der Waals surface area contributed by atoms with E-state index in [0.29, 0.717) is 0 Å². The minimum atomic E-state index is 0.892. The Morgan fingerprint density at radius 1 is 1.33 bits per heavy atom. The lowest BCUT2D eigenvalue weighted by Gasteiger charge is -2.11. The van der Waals surface area contributed by atoms with Crippen LogP contribution >= 0.6 is 15.9 Å². The second kappa shape index (κ2) is 3.81. The van der Waals surface area contributed by atoms with Crippen LogP contribution in [0.5, 0.6) is 5.75 Å². The summed E-state index contributed by atoms with van der Waals surface area (Å²) in [4.78, 5) is 4.24. The first-order valence-corrected chi connectivity index (χ1v) is 5.53. The van der Waals surface area contributed by atoms with E-state index >= 15 is 0 Å². The third-order valence-corrected chi connectivity index (χ3v) is 3.24. The predicted octanol–water partition coefficient (Wildman–Crippen LogP) is 3.62. The van der Waals surface area contributed by atoms with Gasteiger partial charge in [0.05, 0.1) is 7.11 Å². The van der Waals surface area contributed by atoms with Gasteiger partial charge in [0.15, 0.2) is 0 Å². The van der Waals surface area contributed by atoms with E-state index in [1.807, 2.05) is 12.1 Å². The zero-order valence-corrected chi connectivity index (χ0v) is 10.6. The lowest BCUT2D eigenvalue weighted by Crippen LogP contribution is -1.92. The summed E-state index contributed by atoms with van der Waals surface area (Å²) in [6, 6.07) is 4.06. The van der Waals surface area contributed by atoms with Crippen molar-refractivity contribution < 1.29 is 4.74 Å². The van der Waals surface area contributed by atoms with Crippen LogP contribution in [0.1, 0.15) is 11.1 Å². The monoisotopic (exact) mass is 265 g/mol. The highest BCUT2D eigenvalue weighted by Crippen LogP contribution is 2.33. The van der Waals surface area contributed by atoms with Crippen molar-refractivity contribution in [3.05, 3.63) is 34.1 Å². The summed E-state index contributed by atoms with van der Waals surface area (Å²) in [5.41, 5.74) is 2.33. The molecule has 2 nitrogen and oxygen atoms in total. The van der Waals surface area contributed by atoms with E-state index in [1.54, 1.807) is 13.3 Å². The first kappa shape index (κ1) is 10.4. The van der Waals surface area contributed by atoms with Gasteiger partial charge in [0.25, 0.3) is 0 Å². The molecular formula is C12H12BrNO. The van der Waals surface area contributed by atoms with Crippen molar-refractivity contribution >= 4 is 26.7 Å². The van der Waals surface area contributed by atoms with E-state index in [0.717, 1.165) is 21.3 Å². The Morgan fingerprint density at radius 3 is 2.73 bits per heavy atom. The number of nitrogens with zero attached hydrogens (tertiary/aromatic N) is 1. The second-order valence-electron chi connectivity index (χ2n) is 3.55. The maximum Gasteiger partial charge on any atom is 0.122 e. The molecule has 0 aliphatic carbocycles. The average molecular weight is 266 g/mol. The molecule has 2 rings (SSSR count). The van der Waals surface area contributed by atoms with Gasteiger partial charge in [-0.3, -0.25) is 0 Å². The van der Waals surface area contributed by atoms with Crippen molar-refractivity contribution in [1.29, 1.82) is 0 Å². The molecule has 0 aliphatic rings. The maximum absolute atomic E-state index is 5.34. The lowest BCUT2D eigenvalue weighted by atomic mass is 10.0. The molecule has 0 saturated heterocycles. The summed E-state index contributed by atoms with van der Waals surface area (Å²) in [5.74, 6) is 0.929. The second-order valence-corrected chi connectivity index (χ2v) is 4.30. The number of hydrogen-bond acceptors (Lipinski definition) is 2. The standard InChI is InChI=1S/C12H12BrNO/c1-7-6-10(15-3)8(2)9-4-5-14-12(13)11(7)9/h4-6H,1-3H3. The van der Waals surface area contributed by atoms with Crippen molar-refractivity contribution in [3.8, 4) is 5.75 Å². The van der Waals surface area contributed by atoms with Crippen molar-refractivity contribution in [1.82, 2.24) is 4.98 Å². The van der Waals surface area contributed by atoms with E-state index < -0.39 is 0 Å². The number of fused-ring (bicyclic) bond motifs is 1. The average Bonchev–Trinajstić information content (AvgIpc) is 2.23. The molecule has 0 fully saturated rings. The molecule has 1 aromatic carbocycles. The quantitative estimate of drug-likeness (QED) is 0.735. The molecule has 0 radical (unpaired) electrons. The molecule has 2 aromatic rings. The van der Waals surface area contributed by atoms with E-state index in [2.05, 4.69) is 34.8 Å². The summed E-state index contributed by atoms with van der Waals surface area (Å²) >= 11 is 3.48. The Bertz CT molecular complexity index is 523. The van der Waals surface area contributed by atoms with Gasteiger partial charge in [-0.2, -0.15) is 0 Å². The summed E-state index contributed by atoms with van der Waals surface area (Å²) in [7, 11) is 1.70. The fraction of sp³-hybridized carbons (Fsp3) is 0.250. The number of halogens is 1. The Labute approximate surface area is 97.4 Å². The van der Waals surface area contributed by atoms with Gasteiger partial charge >= 0.3 is 0 Å². The highest BCUT2D eigenvalue weighted by Gasteiger charge is 2.09. The number of methoxy groups -OCH3 is 1. The normalized spacial score (nSPS) is 10.7. The topological polar surface area (TPSA) is 22.1 Å². The number of aromatic nitrogens is 1. The van der Waals surface area contributed by atoms with Crippen LogP contribution in [0, 0.1) is 13.8 Å². The molecule has 0 saturated carbocycles. The van der Waals surface area contributed by atoms with Crippen LogP contribution in [0.3, 0.4) is 0 Å². The number of rotatable bonds is 1. The molecule has 0 unspecified atom stereocenters. The van der Waals surface area contributed by atoms with Gasteiger partial charge in [-0.05, 0) is 58.4 Å². The van der Waals surface area contributed by atoms with Gasteiger partial charge in [0.2, 0.25) is 0 Å². The largest absolute Gasteiger partial charge is 0.496 e. The van der Waals surface area contributed by atoms with Crippen LogP contribution < -0.4 is 4.74 Å². The van der Waals surface area contributed by atoms with Crippen molar-refractivity contribution in [2.24, 2.45) is 0 Å². The predicted molar refractivity (Wildman–Crippen MR) is 65.5 cm³/mol. The summed E-state index contributed by atoms with van der Waals surface area (Å²) in [6.07, 6.45) is 1.80. The zero-order valence-electron chi connectivity index (χ0n) is 8.97. The Balaban J connectivity index is 2.93. The maximum atomic E-state index is 5.34. The van der Waals surface area contributed by atoms with Gasteiger partial charge in [-0.25, -0.2) is 4.98 Å². The number of pyridine rings is 1. The van der Waals surface area contributed by atoms with E-state index in [1.165, 1.54) is 10.9 Å². The molecule has 0 atom stereocenters. The van der Waals surface area contributed by atoms with Gasteiger partial charge in [-0.15, -0.1) is 0 Å². The van der Waals surface area contributed by atoms with Crippen LogP contribution in [0.15, 0.2) is 22.9 Å². The molecule has 1 heterocycles. The van der Waals surface area contributed by atoms with Crippen molar-refractivity contribution in [3.63, 3.8) is 0 Å². The third kappa shape index (κ3) is 1.61. The van der Waals surface area contributed by atoms with Crippen LogP contribution in [0.4, 0.5) is 0 Å². The van der Waals surface area contributed by atoms with Crippen LogP contribution in [-0.2, 0) is 0 Å². The number of aryl methyl sites for hydroxylation is 2. The summed E-state index contributed by atoms with van der Waals surface area (Å²) in [6.45, 7) is 4.13. The van der Waals surface area contributed by atoms with Gasteiger partial charge in [0.1, 0.15) is 10.4 Å². The van der Waals surface area contributed by atoms with Gasteiger partial charge < -0.3 is 4.74 Å². The van der Waals surface area contributed by atoms with E-state index in [9.17, 15) is 0 Å². The van der Waals surface area contributed by atoms with Gasteiger partial charge in [0, 0.05) is 11.6 Å². The molecule has 0 bridgehead atoms. The van der Waals surface area contributed by atoms with E-state index in [4.69, 9.17) is 4.74 Å². The summed E-state index contributed by atoms with van der Waals surface area (Å²) < 4.78 is 6.23. The smallest absolute Gasteiger partial charge is 0.122 e. The molecule has 0 N–H and O–H groups in total. The number of benzene rings is 1. The molecule has 78 valence electrons. The molecule has 3 heteroatoms.